The van der Waals surface area contributed by atoms with E-state index in [2.05, 4.69) is 4.99 Å². The normalized spacial score (nSPS) is 18.5. The molecule has 0 amide bonds. The number of aliphatic imine (C=N–C) groups is 1. The first kappa shape index (κ1) is 8.49. The topological polar surface area (TPSA) is 12.4 Å². The summed E-state index contributed by atoms with van der Waals surface area (Å²) in [5.41, 5.74) is 1.13. The van der Waals surface area contributed by atoms with Crippen molar-refractivity contribution in [2.24, 2.45) is 4.99 Å². The quantitative estimate of drug-likeness (QED) is 0.601. The van der Waals surface area contributed by atoms with E-state index in [1.807, 2.05) is 62.2 Å². The van der Waals surface area contributed by atoms with Crippen LogP contribution in [0, 0.1) is 31.7 Å². The number of nitrogens with zero attached hydrogens (tertiary/aromatic N) is 1. The van der Waals surface area contributed by atoms with Crippen LogP contribution in [0.1, 0.15) is 5.56 Å². The first-order chi connectivity index (χ1) is 6.45. The first-order valence-corrected chi connectivity index (χ1v) is 4.26. The Kier molecular flexibility index (Phi) is 2.75. The highest BCUT2D eigenvalue weighted by Crippen LogP contribution is 2.23. The summed E-state index contributed by atoms with van der Waals surface area (Å²) in [6.07, 6.45) is 9.81. The Morgan fingerprint density at radius 2 is 1.62 bits per heavy atom. The van der Waals surface area contributed by atoms with Gasteiger partial charge in [-0.15, -0.1) is 0 Å². The molecule has 0 aliphatic heterocycles. The Balaban J connectivity index is 1.97. The van der Waals surface area contributed by atoms with E-state index >= 15 is 0 Å². The molecule has 0 unspecified atom stereocenters. The fourth-order valence-corrected chi connectivity index (χ4v) is 1.14. The minimum Gasteiger partial charge on any atom is -0.283 e. The van der Waals surface area contributed by atoms with E-state index in [0.717, 1.165) is 11.6 Å². The van der Waals surface area contributed by atoms with Crippen molar-refractivity contribution in [2.45, 2.75) is 0 Å². The third kappa shape index (κ3) is 2.41. The third-order valence-electron chi connectivity index (χ3n) is 1.81. The van der Waals surface area contributed by atoms with Crippen LogP contribution < -0.4 is 0 Å². The number of rotatable bonds is 2. The highest BCUT2D eigenvalue weighted by Gasteiger charge is 2.14. The Labute approximate surface area is 79.5 Å². The molecule has 1 fully saturated rings. The summed E-state index contributed by atoms with van der Waals surface area (Å²) >= 11 is 0. The van der Waals surface area contributed by atoms with E-state index < -0.39 is 0 Å². The Bertz CT molecular complexity index is 270. The average molecular weight is 168 g/mol. The molecule has 0 saturated heterocycles. The molecule has 63 valence electrons. The van der Waals surface area contributed by atoms with Gasteiger partial charge >= 0.3 is 0 Å². The molecule has 1 saturated carbocycles. The first-order valence-electron chi connectivity index (χ1n) is 4.26. The van der Waals surface area contributed by atoms with Crippen molar-refractivity contribution < 1.29 is 0 Å². The van der Waals surface area contributed by atoms with E-state index in [9.17, 15) is 0 Å². The van der Waals surface area contributed by atoms with E-state index in [1.54, 1.807) is 0 Å². The molecule has 1 nitrogen and oxygen atoms in total. The van der Waals surface area contributed by atoms with Crippen LogP contribution in [-0.2, 0) is 0 Å². The molecular formula is C12H10N. The molecule has 0 aromatic heterocycles. The van der Waals surface area contributed by atoms with E-state index in [0.29, 0.717) is 0 Å². The standard InChI is InChI=1S/C12H10N/c1-2-6-11(7-3-1)10-13-12-8-4-5-9-12/h1-10H. The van der Waals surface area contributed by atoms with Crippen molar-refractivity contribution >= 4 is 6.21 Å². The summed E-state index contributed by atoms with van der Waals surface area (Å²) in [5, 5.41) is 0. The number of hydrogen-bond donors (Lipinski definition) is 0. The van der Waals surface area contributed by atoms with Gasteiger partial charge in [0.1, 0.15) is 0 Å². The molecule has 0 atom stereocenters. The van der Waals surface area contributed by atoms with Gasteiger partial charge in [-0.2, -0.15) is 0 Å². The zero-order valence-electron chi connectivity index (χ0n) is 7.22. The van der Waals surface area contributed by atoms with Crippen molar-refractivity contribution in [2.75, 3.05) is 0 Å². The maximum absolute atomic E-state index is 4.31. The summed E-state index contributed by atoms with van der Waals surface area (Å²) in [5.74, 6) is 0. The minimum absolute atomic E-state index is 1.00. The van der Waals surface area contributed by atoms with Crippen molar-refractivity contribution in [3.63, 3.8) is 0 Å². The lowest BCUT2D eigenvalue weighted by atomic mass is 10.2. The highest BCUT2D eigenvalue weighted by molar-refractivity contribution is 5.80. The summed E-state index contributed by atoms with van der Waals surface area (Å²) in [7, 11) is 0. The maximum Gasteiger partial charge on any atom is 0.0933 e. The van der Waals surface area contributed by atoms with Crippen molar-refractivity contribution in [3.05, 3.63) is 67.6 Å². The summed E-state index contributed by atoms with van der Waals surface area (Å²) < 4.78 is 0. The fraction of sp³-hybridized carbons (Fsp3) is 0. The van der Waals surface area contributed by atoms with Gasteiger partial charge in [-0.25, -0.2) is 0 Å². The van der Waals surface area contributed by atoms with Crippen LogP contribution in [0.4, 0.5) is 0 Å². The smallest absolute Gasteiger partial charge is 0.0933 e. The van der Waals surface area contributed by atoms with Crippen LogP contribution in [-0.4, -0.2) is 6.21 Å². The Hall–Kier alpha value is -1.11. The lowest BCUT2D eigenvalue weighted by Gasteiger charge is -1.97. The molecule has 1 aliphatic rings. The number of hydrogen-bond acceptors (Lipinski definition) is 1. The molecule has 1 heteroatoms. The lowest BCUT2D eigenvalue weighted by molar-refractivity contribution is 1.18. The van der Waals surface area contributed by atoms with Gasteiger partial charge in [-0.05, 0) is 31.2 Å². The molecule has 0 bridgehead atoms. The van der Waals surface area contributed by atoms with Crippen LogP contribution in [0.2, 0.25) is 0 Å². The molecule has 1 aromatic carbocycles. The van der Waals surface area contributed by atoms with Gasteiger partial charge in [0.25, 0.3) is 0 Å². The Morgan fingerprint density at radius 1 is 0.923 bits per heavy atom. The van der Waals surface area contributed by atoms with Crippen molar-refractivity contribution in [3.8, 4) is 0 Å². The van der Waals surface area contributed by atoms with Gasteiger partial charge in [0.05, 0.1) is 6.04 Å². The third-order valence-corrected chi connectivity index (χ3v) is 1.81. The minimum atomic E-state index is 1.00. The predicted octanol–water partition coefficient (Wildman–Crippen LogP) is 2.47. The molecule has 5 radical (unpaired) electrons. The lowest BCUT2D eigenvalue weighted by Crippen LogP contribution is -1.88. The van der Waals surface area contributed by atoms with Crippen LogP contribution >= 0.6 is 0 Å². The van der Waals surface area contributed by atoms with Crippen molar-refractivity contribution in [1.82, 2.24) is 0 Å². The van der Waals surface area contributed by atoms with Gasteiger partial charge in [0.15, 0.2) is 0 Å². The van der Waals surface area contributed by atoms with Gasteiger partial charge in [0.2, 0.25) is 0 Å². The van der Waals surface area contributed by atoms with Crippen LogP contribution in [0.5, 0.6) is 0 Å². The molecule has 1 aliphatic carbocycles. The second-order valence-corrected chi connectivity index (χ2v) is 2.81. The zero-order chi connectivity index (χ0) is 8.93. The van der Waals surface area contributed by atoms with Gasteiger partial charge in [0, 0.05) is 6.21 Å². The maximum atomic E-state index is 4.31. The SMILES string of the molecule is [CH]1[CH][CH][C](N=Cc2ccccc2)[CH]1. The van der Waals surface area contributed by atoms with E-state index in [-0.39, 0.29) is 0 Å². The van der Waals surface area contributed by atoms with Gasteiger partial charge in [-0.3, -0.25) is 4.99 Å². The van der Waals surface area contributed by atoms with Crippen molar-refractivity contribution in [1.29, 1.82) is 0 Å². The summed E-state index contributed by atoms with van der Waals surface area (Å²) in [6, 6.07) is 11.1. The molecular weight excluding hydrogens is 158 g/mol. The van der Waals surface area contributed by atoms with Gasteiger partial charge in [-0.1, -0.05) is 30.3 Å². The van der Waals surface area contributed by atoms with Crippen LogP contribution in [0.15, 0.2) is 35.3 Å². The molecule has 0 N–H and O–H groups in total. The molecule has 2 rings (SSSR count). The summed E-state index contributed by atoms with van der Waals surface area (Å²) in [6.45, 7) is 0. The molecule has 1 aromatic rings. The largest absolute Gasteiger partial charge is 0.283 e. The second-order valence-electron chi connectivity index (χ2n) is 2.81. The van der Waals surface area contributed by atoms with Crippen LogP contribution in [0.3, 0.4) is 0 Å². The van der Waals surface area contributed by atoms with E-state index in [1.165, 1.54) is 0 Å². The monoisotopic (exact) mass is 168 g/mol. The molecule has 0 spiro atoms. The Morgan fingerprint density at radius 3 is 2.31 bits per heavy atom. The molecule has 0 heterocycles. The van der Waals surface area contributed by atoms with Gasteiger partial charge < -0.3 is 0 Å². The van der Waals surface area contributed by atoms with Crippen LogP contribution in [0.25, 0.3) is 0 Å². The second kappa shape index (κ2) is 4.22. The summed E-state index contributed by atoms with van der Waals surface area (Å²) in [4.78, 5) is 4.31. The average Bonchev–Trinajstić information content (AvgIpc) is 2.69. The number of benzene rings is 1. The predicted molar refractivity (Wildman–Crippen MR) is 54.5 cm³/mol. The molecule has 13 heavy (non-hydrogen) atoms. The van der Waals surface area contributed by atoms with E-state index in [4.69, 9.17) is 0 Å². The highest BCUT2D eigenvalue weighted by atomic mass is 14.8. The fourth-order valence-electron chi connectivity index (χ4n) is 1.14. The zero-order valence-corrected chi connectivity index (χ0v) is 7.22.